The highest BCUT2D eigenvalue weighted by atomic mass is 32.2. The second-order valence-corrected chi connectivity index (χ2v) is 5.24. The minimum Gasteiger partial charge on any atom is -0.440 e. The van der Waals surface area contributed by atoms with E-state index in [-0.39, 0.29) is 6.54 Å². The van der Waals surface area contributed by atoms with Crippen LogP contribution in [0.5, 0.6) is 0 Å². The third kappa shape index (κ3) is 5.77. The lowest BCUT2D eigenvalue weighted by atomic mass is 10.3. The normalized spacial score (nSPS) is 11.3. The molecule has 0 unspecified atom stereocenters. The van der Waals surface area contributed by atoms with Crippen molar-refractivity contribution in [1.29, 1.82) is 0 Å². The van der Waals surface area contributed by atoms with Crippen molar-refractivity contribution in [3.05, 3.63) is 30.3 Å². The van der Waals surface area contributed by atoms with Gasteiger partial charge in [-0.15, -0.1) is 5.10 Å². The van der Waals surface area contributed by atoms with Crippen molar-refractivity contribution in [2.24, 2.45) is 0 Å². The summed E-state index contributed by atoms with van der Waals surface area (Å²) in [5.41, 5.74) is 0.776. The molecular weight excluding hydrogens is 335 g/mol. The summed E-state index contributed by atoms with van der Waals surface area (Å²) in [4.78, 5) is 11.1. The number of thioether (sulfide) groups is 1. The molecule has 1 amide bonds. The van der Waals surface area contributed by atoms with Crippen molar-refractivity contribution in [1.82, 2.24) is 25.5 Å². The molecule has 0 bridgehead atoms. The number of benzene rings is 1. The molecule has 11 heteroatoms. The monoisotopic (exact) mass is 347 g/mol. The SMILES string of the molecule is O=C(NCCSc1nnnn1-c1ccccc1)OCC(F)(F)F. The summed E-state index contributed by atoms with van der Waals surface area (Å²) in [5, 5.41) is 14.0. The van der Waals surface area contributed by atoms with Crippen LogP contribution in [0, 0.1) is 0 Å². The van der Waals surface area contributed by atoms with Gasteiger partial charge < -0.3 is 10.1 Å². The van der Waals surface area contributed by atoms with E-state index in [4.69, 9.17) is 0 Å². The number of ether oxygens (including phenoxy) is 1. The number of nitrogens with one attached hydrogen (secondary N) is 1. The van der Waals surface area contributed by atoms with Crippen LogP contribution in [0.1, 0.15) is 0 Å². The van der Waals surface area contributed by atoms with Crippen LogP contribution in [0.15, 0.2) is 35.5 Å². The lowest BCUT2D eigenvalue weighted by molar-refractivity contribution is -0.160. The number of alkyl halides is 3. The summed E-state index contributed by atoms with van der Waals surface area (Å²) in [6.07, 6.45) is -5.66. The number of hydrogen-bond acceptors (Lipinski definition) is 6. The topological polar surface area (TPSA) is 81.9 Å². The van der Waals surface area contributed by atoms with Crippen molar-refractivity contribution in [3.8, 4) is 5.69 Å². The number of nitrogens with zero attached hydrogens (tertiary/aromatic N) is 4. The van der Waals surface area contributed by atoms with Gasteiger partial charge in [0.2, 0.25) is 5.16 Å². The molecular formula is C12H12F3N5O2S. The zero-order valence-corrected chi connectivity index (χ0v) is 12.5. The highest BCUT2D eigenvalue weighted by molar-refractivity contribution is 7.99. The summed E-state index contributed by atoms with van der Waals surface area (Å²) in [6, 6.07) is 9.19. The molecule has 0 aliphatic heterocycles. The highest BCUT2D eigenvalue weighted by Crippen LogP contribution is 2.17. The second-order valence-electron chi connectivity index (χ2n) is 4.18. The predicted molar refractivity (Wildman–Crippen MR) is 75.3 cm³/mol. The first-order chi connectivity index (χ1) is 11.0. The Morgan fingerprint density at radius 1 is 1.30 bits per heavy atom. The minimum atomic E-state index is -4.54. The molecule has 1 heterocycles. The number of hydrogen-bond donors (Lipinski definition) is 1. The molecule has 23 heavy (non-hydrogen) atoms. The lowest BCUT2D eigenvalue weighted by Gasteiger charge is -2.08. The number of alkyl carbamates (subject to hydrolysis) is 1. The molecule has 1 aromatic carbocycles. The molecule has 0 aliphatic carbocycles. The van der Waals surface area contributed by atoms with E-state index in [1.54, 1.807) is 0 Å². The van der Waals surface area contributed by atoms with Crippen molar-refractivity contribution >= 4 is 17.9 Å². The fourth-order valence-corrected chi connectivity index (χ4v) is 2.24. The Hall–Kier alpha value is -2.30. The van der Waals surface area contributed by atoms with Crippen LogP contribution < -0.4 is 5.32 Å². The third-order valence-corrected chi connectivity index (χ3v) is 3.33. The van der Waals surface area contributed by atoms with Crippen LogP contribution >= 0.6 is 11.8 Å². The Labute approximate surface area is 133 Å². The maximum absolute atomic E-state index is 11.9. The Morgan fingerprint density at radius 2 is 2.04 bits per heavy atom. The van der Waals surface area contributed by atoms with E-state index < -0.39 is 18.9 Å². The van der Waals surface area contributed by atoms with Crippen LogP contribution in [-0.4, -0.2) is 51.4 Å². The molecule has 0 saturated carbocycles. The fourth-order valence-electron chi connectivity index (χ4n) is 1.49. The summed E-state index contributed by atoms with van der Waals surface area (Å²) < 4.78 is 41.1. The van der Waals surface area contributed by atoms with Crippen molar-refractivity contribution in [2.45, 2.75) is 11.3 Å². The standard InChI is InChI=1S/C12H12F3N5O2S/c13-12(14,15)8-22-11(21)16-6-7-23-10-17-18-19-20(10)9-4-2-1-3-5-9/h1-5H,6-8H2,(H,16,21). The Bertz CT molecular complexity index is 635. The average molecular weight is 347 g/mol. The minimum absolute atomic E-state index is 0.114. The van der Waals surface area contributed by atoms with Gasteiger partial charge in [-0.2, -0.15) is 17.9 Å². The average Bonchev–Trinajstić information content (AvgIpc) is 2.98. The number of rotatable bonds is 6. The van der Waals surface area contributed by atoms with Gasteiger partial charge in [-0.05, 0) is 22.6 Å². The molecule has 7 nitrogen and oxygen atoms in total. The van der Waals surface area contributed by atoms with Gasteiger partial charge in [0.1, 0.15) is 0 Å². The van der Waals surface area contributed by atoms with E-state index in [1.807, 2.05) is 30.3 Å². The highest BCUT2D eigenvalue weighted by Gasteiger charge is 2.29. The molecule has 2 rings (SSSR count). The van der Waals surface area contributed by atoms with Crippen LogP contribution in [0.25, 0.3) is 5.69 Å². The number of carbonyl (C=O) groups is 1. The maximum atomic E-state index is 11.9. The van der Waals surface area contributed by atoms with Gasteiger partial charge in [0.25, 0.3) is 0 Å². The van der Waals surface area contributed by atoms with E-state index in [9.17, 15) is 18.0 Å². The summed E-state index contributed by atoms with van der Waals surface area (Å²) in [7, 11) is 0. The molecule has 1 aromatic heterocycles. The molecule has 0 saturated heterocycles. The lowest BCUT2D eigenvalue weighted by Crippen LogP contribution is -2.30. The maximum Gasteiger partial charge on any atom is 0.422 e. The largest absolute Gasteiger partial charge is 0.440 e. The molecule has 0 fully saturated rings. The van der Waals surface area contributed by atoms with E-state index in [2.05, 4.69) is 25.6 Å². The number of amides is 1. The van der Waals surface area contributed by atoms with Crippen molar-refractivity contribution < 1.29 is 22.7 Å². The summed E-state index contributed by atoms with van der Waals surface area (Å²) in [5.74, 6) is 0.369. The first kappa shape index (κ1) is 17.1. The van der Waals surface area contributed by atoms with Crippen LogP contribution in [-0.2, 0) is 4.74 Å². The van der Waals surface area contributed by atoms with E-state index >= 15 is 0 Å². The molecule has 2 aromatic rings. The quantitative estimate of drug-likeness (QED) is 0.636. The Morgan fingerprint density at radius 3 is 2.74 bits per heavy atom. The first-order valence-corrected chi connectivity index (χ1v) is 7.38. The molecule has 0 spiro atoms. The predicted octanol–water partition coefficient (Wildman–Crippen LogP) is 2.04. The van der Waals surface area contributed by atoms with Gasteiger partial charge >= 0.3 is 12.3 Å². The zero-order valence-electron chi connectivity index (χ0n) is 11.7. The van der Waals surface area contributed by atoms with Crippen LogP contribution in [0.3, 0.4) is 0 Å². The van der Waals surface area contributed by atoms with Gasteiger partial charge in [-0.25, -0.2) is 4.79 Å². The third-order valence-electron chi connectivity index (χ3n) is 2.41. The molecule has 124 valence electrons. The Balaban J connectivity index is 1.76. The molecule has 0 aliphatic rings. The first-order valence-electron chi connectivity index (χ1n) is 6.40. The van der Waals surface area contributed by atoms with Crippen LogP contribution in [0.4, 0.5) is 18.0 Å². The van der Waals surface area contributed by atoms with Crippen molar-refractivity contribution in [3.63, 3.8) is 0 Å². The summed E-state index contributed by atoms with van der Waals surface area (Å²) in [6.45, 7) is -1.50. The van der Waals surface area contributed by atoms with Gasteiger partial charge in [0, 0.05) is 12.3 Å². The zero-order chi connectivity index (χ0) is 16.7. The smallest absolute Gasteiger partial charge is 0.422 e. The number of carbonyl (C=O) groups excluding carboxylic acids is 1. The van der Waals surface area contributed by atoms with Gasteiger partial charge in [-0.1, -0.05) is 30.0 Å². The van der Waals surface area contributed by atoms with E-state index in [1.165, 1.54) is 16.4 Å². The number of halogens is 3. The van der Waals surface area contributed by atoms with E-state index in [0.717, 1.165) is 5.69 Å². The Kier molecular flexibility index (Phi) is 5.79. The fraction of sp³-hybridized carbons (Fsp3) is 0.333. The van der Waals surface area contributed by atoms with Gasteiger partial charge in [0.05, 0.1) is 5.69 Å². The molecule has 1 N–H and O–H groups in total. The number of tetrazole rings is 1. The number of aromatic nitrogens is 4. The molecule has 0 atom stereocenters. The van der Waals surface area contributed by atoms with Crippen molar-refractivity contribution in [2.75, 3.05) is 18.9 Å². The van der Waals surface area contributed by atoms with Crippen LogP contribution in [0.2, 0.25) is 0 Å². The van der Waals surface area contributed by atoms with E-state index in [0.29, 0.717) is 10.9 Å². The molecule has 0 radical (unpaired) electrons. The van der Waals surface area contributed by atoms with Gasteiger partial charge in [0.15, 0.2) is 6.61 Å². The van der Waals surface area contributed by atoms with Gasteiger partial charge in [-0.3, -0.25) is 0 Å². The second kappa shape index (κ2) is 7.81. The summed E-state index contributed by atoms with van der Waals surface area (Å²) >= 11 is 1.25. The number of para-hydroxylation sites is 1.